The van der Waals surface area contributed by atoms with E-state index >= 15 is 0 Å². The van der Waals surface area contributed by atoms with Gasteiger partial charge >= 0.3 is 0 Å². The number of benzene rings is 1. The van der Waals surface area contributed by atoms with Gasteiger partial charge in [-0.2, -0.15) is 4.31 Å². The van der Waals surface area contributed by atoms with E-state index in [-0.39, 0.29) is 17.5 Å². The Morgan fingerprint density at radius 1 is 1.33 bits per heavy atom. The molecule has 21 heavy (non-hydrogen) atoms. The molecule has 0 saturated heterocycles. The highest BCUT2D eigenvalue weighted by Crippen LogP contribution is 2.33. The lowest BCUT2D eigenvalue weighted by Gasteiger charge is -2.22. The standard InChI is InChI=1S/C14H21NO5S/c1-19-8-7-15(12-3-4-12)21(17,18)13-5-6-14(20-2)11(9-13)10-16/h5-6,9,12,16H,3-4,7-8,10H2,1-2H3. The Hall–Kier alpha value is -1.15. The summed E-state index contributed by atoms with van der Waals surface area (Å²) >= 11 is 0. The van der Waals surface area contributed by atoms with Gasteiger partial charge in [0.1, 0.15) is 5.75 Å². The molecule has 0 aliphatic heterocycles. The molecule has 2 rings (SSSR count). The fourth-order valence-electron chi connectivity index (χ4n) is 2.22. The number of sulfonamides is 1. The topological polar surface area (TPSA) is 76.1 Å². The molecule has 118 valence electrons. The third-order valence-corrected chi connectivity index (χ3v) is 5.45. The molecular formula is C14H21NO5S. The van der Waals surface area contributed by atoms with Crippen molar-refractivity contribution in [3.8, 4) is 5.75 Å². The zero-order valence-corrected chi connectivity index (χ0v) is 13.1. The number of ether oxygens (including phenoxy) is 2. The normalized spacial score (nSPS) is 15.4. The average Bonchev–Trinajstić information content (AvgIpc) is 3.31. The van der Waals surface area contributed by atoms with E-state index in [1.165, 1.54) is 23.5 Å². The monoisotopic (exact) mass is 315 g/mol. The minimum Gasteiger partial charge on any atom is -0.496 e. The lowest BCUT2D eigenvalue weighted by molar-refractivity contribution is 0.177. The summed E-state index contributed by atoms with van der Waals surface area (Å²) in [6, 6.07) is 4.61. The summed E-state index contributed by atoms with van der Waals surface area (Å²) in [5.41, 5.74) is 0.459. The van der Waals surface area contributed by atoms with Crippen molar-refractivity contribution >= 4 is 10.0 Å². The van der Waals surface area contributed by atoms with Crippen LogP contribution < -0.4 is 4.74 Å². The summed E-state index contributed by atoms with van der Waals surface area (Å²) in [5, 5.41) is 9.33. The van der Waals surface area contributed by atoms with Crippen LogP contribution in [0.15, 0.2) is 23.1 Å². The van der Waals surface area contributed by atoms with Crippen LogP contribution in [0.4, 0.5) is 0 Å². The molecule has 0 spiro atoms. The van der Waals surface area contributed by atoms with Crippen LogP contribution in [0.5, 0.6) is 5.75 Å². The summed E-state index contributed by atoms with van der Waals surface area (Å²) in [6.07, 6.45) is 1.76. The van der Waals surface area contributed by atoms with Gasteiger partial charge in [-0.05, 0) is 31.0 Å². The Balaban J connectivity index is 2.32. The fourth-order valence-corrected chi connectivity index (χ4v) is 3.94. The van der Waals surface area contributed by atoms with E-state index in [2.05, 4.69) is 0 Å². The highest BCUT2D eigenvalue weighted by molar-refractivity contribution is 7.89. The molecule has 0 bridgehead atoms. The Morgan fingerprint density at radius 2 is 2.05 bits per heavy atom. The first kappa shape index (κ1) is 16.2. The summed E-state index contributed by atoms with van der Waals surface area (Å²) in [4.78, 5) is 0.176. The lowest BCUT2D eigenvalue weighted by Crippen LogP contribution is -2.35. The van der Waals surface area contributed by atoms with E-state index in [0.29, 0.717) is 24.5 Å². The Kier molecular flexibility index (Phi) is 5.21. The molecule has 1 fully saturated rings. The molecule has 1 saturated carbocycles. The van der Waals surface area contributed by atoms with E-state index in [1.54, 1.807) is 13.2 Å². The molecule has 1 aliphatic rings. The fraction of sp³-hybridized carbons (Fsp3) is 0.571. The van der Waals surface area contributed by atoms with Crippen molar-refractivity contribution in [3.63, 3.8) is 0 Å². The highest BCUT2D eigenvalue weighted by atomic mass is 32.2. The zero-order valence-electron chi connectivity index (χ0n) is 12.3. The second kappa shape index (κ2) is 6.74. The molecule has 1 aromatic rings. The van der Waals surface area contributed by atoms with Crippen LogP contribution in [0.2, 0.25) is 0 Å². The molecule has 1 N–H and O–H groups in total. The van der Waals surface area contributed by atoms with Crippen molar-refractivity contribution in [2.45, 2.75) is 30.4 Å². The molecular weight excluding hydrogens is 294 g/mol. The average molecular weight is 315 g/mol. The maximum Gasteiger partial charge on any atom is 0.243 e. The van der Waals surface area contributed by atoms with Crippen LogP contribution in [0.25, 0.3) is 0 Å². The molecule has 0 heterocycles. The lowest BCUT2D eigenvalue weighted by atomic mass is 10.2. The predicted molar refractivity (Wildman–Crippen MR) is 77.7 cm³/mol. The molecule has 7 heteroatoms. The van der Waals surface area contributed by atoms with E-state index in [4.69, 9.17) is 9.47 Å². The maximum atomic E-state index is 12.7. The van der Waals surface area contributed by atoms with Gasteiger partial charge in [-0.3, -0.25) is 0 Å². The van der Waals surface area contributed by atoms with Crippen LogP contribution in [-0.4, -0.2) is 51.2 Å². The Labute approximate surface area is 125 Å². The van der Waals surface area contributed by atoms with Gasteiger partial charge in [-0.25, -0.2) is 8.42 Å². The number of nitrogens with zero attached hydrogens (tertiary/aromatic N) is 1. The van der Waals surface area contributed by atoms with Crippen molar-refractivity contribution in [2.75, 3.05) is 27.4 Å². The third kappa shape index (κ3) is 3.55. The van der Waals surface area contributed by atoms with Crippen LogP contribution in [-0.2, 0) is 21.4 Å². The van der Waals surface area contributed by atoms with Gasteiger partial charge in [-0.15, -0.1) is 0 Å². The SMILES string of the molecule is COCCN(C1CC1)S(=O)(=O)c1ccc(OC)c(CO)c1. The summed E-state index contributed by atoms with van der Waals surface area (Å²) in [7, 11) is -0.547. The largest absolute Gasteiger partial charge is 0.496 e. The maximum absolute atomic E-state index is 12.7. The first-order valence-corrected chi connectivity index (χ1v) is 8.27. The van der Waals surface area contributed by atoms with Gasteiger partial charge in [0, 0.05) is 25.3 Å². The van der Waals surface area contributed by atoms with Crippen LogP contribution >= 0.6 is 0 Å². The Morgan fingerprint density at radius 3 is 2.57 bits per heavy atom. The number of hydrogen-bond acceptors (Lipinski definition) is 5. The second-order valence-electron chi connectivity index (χ2n) is 4.97. The molecule has 0 unspecified atom stereocenters. The first-order valence-electron chi connectivity index (χ1n) is 6.83. The zero-order chi connectivity index (χ0) is 15.5. The number of aliphatic hydroxyl groups excluding tert-OH is 1. The van der Waals surface area contributed by atoms with Gasteiger partial charge in [0.25, 0.3) is 0 Å². The van der Waals surface area contributed by atoms with Crippen LogP contribution in [0, 0.1) is 0 Å². The molecule has 1 aromatic carbocycles. The smallest absolute Gasteiger partial charge is 0.243 e. The van der Waals surface area contributed by atoms with E-state index in [1.807, 2.05) is 0 Å². The van der Waals surface area contributed by atoms with Gasteiger partial charge in [-0.1, -0.05) is 0 Å². The molecule has 0 aromatic heterocycles. The molecule has 0 radical (unpaired) electrons. The van der Waals surface area contributed by atoms with Gasteiger partial charge in [0.05, 0.1) is 25.2 Å². The number of methoxy groups -OCH3 is 2. The van der Waals surface area contributed by atoms with E-state index < -0.39 is 10.0 Å². The number of aliphatic hydroxyl groups is 1. The minimum atomic E-state index is -3.58. The molecule has 0 atom stereocenters. The van der Waals surface area contributed by atoms with Crippen LogP contribution in [0.3, 0.4) is 0 Å². The van der Waals surface area contributed by atoms with Gasteiger partial charge < -0.3 is 14.6 Å². The van der Waals surface area contributed by atoms with Gasteiger partial charge in [0.2, 0.25) is 10.0 Å². The van der Waals surface area contributed by atoms with Crippen LogP contribution in [0.1, 0.15) is 18.4 Å². The van der Waals surface area contributed by atoms with E-state index in [9.17, 15) is 13.5 Å². The quantitative estimate of drug-likeness (QED) is 0.774. The van der Waals surface area contributed by atoms with Crippen molar-refractivity contribution < 1.29 is 23.0 Å². The number of hydrogen-bond donors (Lipinski definition) is 1. The van der Waals surface area contributed by atoms with Crippen molar-refractivity contribution in [3.05, 3.63) is 23.8 Å². The Bertz CT molecular complexity index is 583. The van der Waals surface area contributed by atoms with E-state index in [0.717, 1.165) is 12.8 Å². The summed E-state index contributed by atoms with van der Waals surface area (Å²) in [6.45, 7) is 0.427. The van der Waals surface area contributed by atoms with Crippen molar-refractivity contribution in [2.24, 2.45) is 0 Å². The summed E-state index contributed by atoms with van der Waals surface area (Å²) < 4.78 is 37.1. The summed E-state index contributed by atoms with van der Waals surface area (Å²) in [5.74, 6) is 0.478. The second-order valence-corrected chi connectivity index (χ2v) is 6.86. The third-order valence-electron chi connectivity index (χ3n) is 3.50. The molecule has 6 nitrogen and oxygen atoms in total. The molecule has 0 amide bonds. The first-order chi connectivity index (χ1) is 10.0. The van der Waals surface area contributed by atoms with Crippen molar-refractivity contribution in [1.29, 1.82) is 0 Å². The van der Waals surface area contributed by atoms with Gasteiger partial charge in [0.15, 0.2) is 0 Å². The minimum absolute atomic E-state index is 0.0600. The van der Waals surface area contributed by atoms with Crippen molar-refractivity contribution in [1.82, 2.24) is 4.31 Å². The predicted octanol–water partition coefficient (Wildman–Crippen LogP) is 0.987. The molecule has 1 aliphatic carbocycles. The number of rotatable bonds is 8. The highest BCUT2D eigenvalue weighted by Gasteiger charge is 2.37.